The van der Waals surface area contributed by atoms with E-state index in [9.17, 15) is 9.18 Å². The third kappa shape index (κ3) is 5.03. The van der Waals surface area contributed by atoms with Crippen LogP contribution in [0.1, 0.15) is 5.69 Å². The summed E-state index contributed by atoms with van der Waals surface area (Å²) in [6.45, 7) is 0. The van der Waals surface area contributed by atoms with Gasteiger partial charge in [0.25, 0.3) is 0 Å². The van der Waals surface area contributed by atoms with Gasteiger partial charge in [-0.3, -0.25) is 9.89 Å². The minimum atomic E-state index is -0.420. The smallest absolute Gasteiger partial charge is 0.230 e. The zero-order valence-electron chi connectivity index (χ0n) is 17.2. The van der Waals surface area contributed by atoms with Crippen molar-refractivity contribution in [1.29, 1.82) is 0 Å². The maximum atomic E-state index is 13.3. The molecule has 2 aromatic heterocycles. The molecule has 4 aromatic rings. The Labute approximate surface area is 188 Å². The van der Waals surface area contributed by atoms with E-state index in [1.54, 1.807) is 38.5 Å². The molecule has 0 spiro atoms. The highest BCUT2D eigenvalue weighted by Crippen LogP contribution is 2.34. The number of benzene rings is 2. The number of aromatic amines is 1. The largest absolute Gasteiger partial charge is 0.497 e. The van der Waals surface area contributed by atoms with Gasteiger partial charge in [0.1, 0.15) is 29.5 Å². The lowest BCUT2D eigenvalue weighted by molar-refractivity contribution is -0.115. The minimum Gasteiger partial charge on any atom is -0.497 e. The van der Waals surface area contributed by atoms with Gasteiger partial charge in [0.05, 0.1) is 31.5 Å². The van der Waals surface area contributed by atoms with Gasteiger partial charge in [-0.2, -0.15) is 5.10 Å². The molecular weight excluding hydrogens is 439 g/mol. The van der Waals surface area contributed by atoms with Gasteiger partial charge in [-0.25, -0.2) is 14.4 Å². The van der Waals surface area contributed by atoms with Crippen LogP contribution >= 0.6 is 12.4 Å². The number of ether oxygens (including phenoxy) is 2. The van der Waals surface area contributed by atoms with Gasteiger partial charge in [0.2, 0.25) is 5.91 Å². The molecule has 0 aliphatic heterocycles. The van der Waals surface area contributed by atoms with Crippen molar-refractivity contribution in [1.82, 2.24) is 20.2 Å². The van der Waals surface area contributed by atoms with Crippen LogP contribution in [0.15, 0.2) is 48.8 Å². The number of methoxy groups -OCH3 is 2. The number of hydrogen-bond donors (Lipinski definition) is 3. The second-order valence-corrected chi connectivity index (χ2v) is 6.58. The van der Waals surface area contributed by atoms with Crippen LogP contribution in [0.25, 0.3) is 10.9 Å². The van der Waals surface area contributed by atoms with Crippen LogP contribution in [0.3, 0.4) is 0 Å². The predicted molar refractivity (Wildman–Crippen MR) is 120 cm³/mol. The van der Waals surface area contributed by atoms with Crippen LogP contribution in [0.2, 0.25) is 0 Å². The molecule has 3 N–H and O–H groups in total. The van der Waals surface area contributed by atoms with Crippen LogP contribution in [0.5, 0.6) is 11.5 Å². The van der Waals surface area contributed by atoms with E-state index in [0.29, 0.717) is 45.4 Å². The van der Waals surface area contributed by atoms with Gasteiger partial charge in [0, 0.05) is 29.6 Å². The standard InChI is InChI=1S/C21H19FN6O3.ClH/c1-30-15-9-16-20(17(10-15)31-2)21(24-11-23-16)26-18-7-14(27-28-18)8-19(29)25-13-5-3-4-12(22)6-13;/h3-7,9-11H,8H2,1-2H3,(H,25,29)(H2,23,24,26,27,28);1H. The van der Waals surface area contributed by atoms with Crippen LogP contribution in [-0.2, 0) is 11.2 Å². The molecule has 0 unspecified atom stereocenters. The summed E-state index contributed by atoms with van der Waals surface area (Å²) in [6.07, 6.45) is 1.46. The summed E-state index contributed by atoms with van der Waals surface area (Å²) in [4.78, 5) is 20.8. The molecule has 0 fully saturated rings. The van der Waals surface area contributed by atoms with E-state index in [1.165, 1.54) is 24.5 Å². The molecule has 9 nitrogen and oxygen atoms in total. The highest BCUT2D eigenvalue weighted by molar-refractivity contribution is 5.96. The fraction of sp³-hybridized carbons (Fsp3) is 0.143. The summed E-state index contributed by atoms with van der Waals surface area (Å²) in [7, 11) is 3.12. The van der Waals surface area contributed by atoms with Gasteiger partial charge in [-0.1, -0.05) is 6.07 Å². The van der Waals surface area contributed by atoms with Gasteiger partial charge in [-0.15, -0.1) is 12.4 Å². The molecule has 0 bridgehead atoms. The summed E-state index contributed by atoms with van der Waals surface area (Å²) in [5.41, 5.74) is 1.60. The van der Waals surface area contributed by atoms with Crippen molar-refractivity contribution in [2.45, 2.75) is 6.42 Å². The monoisotopic (exact) mass is 458 g/mol. The predicted octanol–water partition coefficient (Wildman–Crippen LogP) is 3.86. The number of halogens is 2. The average Bonchev–Trinajstić information content (AvgIpc) is 3.19. The first kappa shape index (κ1) is 22.8. The minimum absolute atomic E-state index is 0. The third-order valence-electron chi connectivity index (χ3n) is 4.47. The molecule has 166 valence electrons. The van der Waals surface area contributed by atoms with Crippen molar-refractivity contribution in [2.24, 2.45) is 0 Å². The summed E-state index contributed by atoms with van der Waals surface area (Å²) in [5.74, 6) is 1.39. The third-order valence-corrected chi connectivity index (χ3v) is 4.47. The lowest BCUT2D eigenvalue weighted by atomic mass is 10.2. The maximum absolute atomic E-state index is 13.3. The van der Waals surface area contributed by atoms with E-state index in [2.05, 4.69) is 30.8 Å². The van der Waals surface area contributed by atoms with Gasteiger partial charge in [0.15, 0.2) is 5.82 Å². The Morgan fingerprint density at radius 3 is 2.72 bits per heavy atom. The Morgan fingerprint density at radius 2 is 1.97 bits per heavy atom. The topological polar surface area (TPSA) is 114 Å². The molecule has 2 heterocycles. The van der Waals surface area contributed by atoms with Crippen molar-refractivity contribution < 1.29 is 18.7 Å². The highest BCUT2D eigenvalue weighted by atomic mass is 35.5. The number of nitrogens with one attached hydrogen (secondary N) is 3. The molecule has 0 saturated heterocycles. The second-order valence-electron chi connectivity index (χ2n) is 6.58. The lowest BCUT2D eigenvalue weighted by Gasteiger charge is -2.11. The number of carbonyl (C=O) groups excluding carboxylic acids is 1. The fourth-order valence-electron chi connectivity index (χ4n) is 3.08. The van der Waals surface area contributed by atoms with E-state index in [4.69, 9.17) is 9.47 Å². The molecule has 11 heteroatoms. The summed E-state index contributed by atoms with van der Waals surface area (Å²) >= 11 is 0. The average molecular weight is 459 g/mol. The zero-order valence-corrected chi connectivity index (χ0v) is 18.0. The van der Waals surface area contributed by atoms with Gasteiger partial charge in [-0.05, 0) is 18.2 Å². The van der Waals surface area contributed by atoms with Gasteiger partial charge >= 0.3 is 0 Å². The molecule has 0 aliphatic carbocycles. The van der Waals surface area contributed by atoms with Crippen molar-refractivity contribution in [3.8, 4) is 11.5 Å². The van der Waals surface area contributed by atoms with Crippen molar-refractivity contribution >= 4 is 46.5 Å². The van der Waals surface area contributed by atoms with E-state index < -0.39 is 5.82 Å². The molecule has 0 aliphatic rings. The van der Waals surface area contributed by atoms with Crippen molar-refractivity contribution in [3.05, 3.63) is 60.3 Å². The number of fused-ring (bicyclic) bond motifs is 1. The Balaban J connectivity index is 0.00000289. The number of carbonyl (C=O) groups is 1. The first-order chi connectivity index (χ1) is 15.1. The van der Waals surface area contributed by atoms with E-state index in [-0.39, 0.29) is 24.7 Å². The number of aromatic nitrogens is 4. The molecule has 1 amide bonds. The molecular formula is C21H20ClFN6O3. The molecule has 4 rings (SSSR count). The van der Waals surface area contributed by atoms with Crippen molar-refractivity contribution in [3.63, 3.8) is 0 Å². The van der Waals surface area contributed by atoms with E-state index >= 15 is 0 Å². The van der Waals surface area contributed by atoms with Crippen LogP contribution < -0.4 is 20.1 Å². The highest BCUT2D eigenvalue weighted by Gasteiger charge is 2.14. The number of H-pyrrole nitrogens is 1. The summed E-state index contributed by atoms with van der Waals surface area (Å²) < 4.78 is 24.0. The Hall–Kier alpha value is -3.92. The number of anilines is 3. The number of amides is 1. The lowest BCUT2D eigenvalue weighted by Crippen LogP contribution is -2.14. The summed E-state index contributed by atoms with van der Waals surface area (Å²) in [6, 6.07) is 10.9. The van der Waals surface area contributed by atoms with Crippen LogP contribution in [0.4, 0.5) is 21.7 Å². The SMILES string of the molecule is COc1cc(OC)c2c(Nc3cc(CC(=O)Nc4cccc(F)c4)[nH]n3)ncnc2c1.Cl. The van der Waals surface area contributed by atoms with E-state index in [1.807, 2.05) is 0 Å². The molecule has 0 atom stereocenters. The van der Waals surface area contributed by atoms with Crippen LogP contribution in [-0.4, -0.2) is 40.3 Å². The van der Waals surface area contributed by atoms with E-state index in [0.717, 1.165) is 0 Å². The zero-order chi connectivity index (χ0) is 21.8. The number of rotatable bonds is 7. The number of hydrogen-bond acceptors (Lipinski definition) is 7. The second kappa shape index (κ2) is 9.92. The quantitative estimate of drug-likeness (QED) is 0.385. The Morgan fingerprint density at radius 1 is 1.12 bits per heavy atom. The molecule has 0 radical (unpaired) electrons. The molecule has 32 heavy (non-hydrogen) atoms. The molecule has 2 aromatic carbocycles. The Kier molecular flexibility index (Phi) is 7.06. The first-order valence-corrected chi connectivity index (χ1v) is 9.29. The first-order valence-electron chi connectivity index (χ1n) is 9.29. The normalized spacial score (nSPS) is 10.3. The van der Waals surface area contributed by atoms with Crippen molar-refractivity contribution in [2.75, 3.05) is 24.9 Å². The fourth-order valence-corrected chi connectivity index (χ4v) is 3.08. The Bertz CT molecular complexity index is 1250. The van der Waals surface area contributed by atoms with Crippen LogP contribution in [0, 0.1) is 5.82 Å². The van der Waals surface area contributed by atoms with Gasteiger partial charge < -0.3 is 20.1 Å². The maximum Gasteiger partial charge on any atom is 0.230 e. The number of nitrogens with zero attached hydrogens (tertiary/aromatic N) is 3. The summed E-state index contributed by atoms with van der Waals surface area (Å²) in [5, 5.41) is 13.4. The molecule has 0 saturated carbocycles.